The third-order valence-electron chi connectivity index (χ3n) is 6.39. The molecule has 2 amide bonds. The lowest BCUT2D eigenvalue weighted by Gasteiger charge is -2.41. The van der Waals surface area contributed by atoms with Crippen LogP contribution in [0.5, 0.6) is 5.75 Å². The molecule has 1 saturated heterocycles. The number of fused-ring (bicyclic) bond motifs is 1. The molecule has 0 radical (unpaired) electrons. The molecule has 0 aliphatic carbocycles. The van der Waals surface area contributed by atoms with Gasteiger partial charge < -0.3 is 9.64 Å². The van der Waals surface area contributed by atoms with Gasteiger partial charge in [-0.1, -0.05) is 30.3 Å². The number of hydrogen-bond acceptors (Lipinski definition) is 7. The molecule has 0 saturated carbocycles. The second-order valence-corrected chi connectivity index (χ2v) is 11.1. The van der Waals surface area contributed by atoms with E-state index < -0.39 is 26.9 Å². The van der Waals surface area contributed by atoms with E-state index in [2.05, 4.69) is 4.98 Å². The molecule has 4 rings (SSSR count). The number of aryl methyl sites for hydroxylation is 1. The van der Waals surface area contributed by atoms with Gasteiger partial charge in [-0.25, -0.2) is 13.9 Å². The minimum absolute atomic E-state index is 0.0562. The van der Waals surface area contributed by atoms with E-state index in [1.54, 1.807) is 24.3 Å². The summed E-state index contributed by atoms with van der Waals surface area (Å²) in [5.41, 5.74) is 4.60. The number of carbonyl (C=O) groups excluding carboxylic acids is 2. The van der Waals surface area contributed by atoms with E-state index in [0.717, 1.165) is 22.2 Å². The molecule has 35 heavy (non-hydrogen) atoms. The number of amides is 2. The van der Waals surface area contributed by atoms with Crippen LogP contribution in [-0.4, -0.2) is 54.2 Å². The molecule has 0 spiro atoms. The Kier molecular flexibility index (Phi) is 6.77. The van der Waals surface area contributed by atoms with Crippen LogP contribution in [0.3, 0.4) is 0 Å². The summed E-state index contributed by atoms with van der Waals surface area (Å²) < 4.78 is 30.8. The lowest BCUT2D eigenvalue weighted by molar-refractivity contribution is -0.132. The Morgan fingerprint density at radius 1 is 1.17 bits per heavy atom. The third kappa shape index (κ3) is 4.85. The van der Waals surface area contributed by atoms with E-state index >= 15 is 0 Å². The fourth-order valence-electron chi connectivity index (χ4n) is 4.55. The first-order chi connectivity index (χ1) is 16.6. The predicted molar refractivity (Wildman–Crippen MR) is 130 cm³/mol. The van der Waals surface area contributed by atoms with Gasteiger partial charge in [-0.3, -0.25) is 19.8 Å². The second-order valence-electron chi connectivity index (χ2n) is 8.72. The summed E-state index contributed by atoms with van der Waals surface area (Å²) in [4.78, 5) is 30.1. The van der Waals surface area contributed by atoms with Crippen molar-refractivity contribution >= 4 is 32.6 Å². The second kappa shape index (κ2) is 9.63. The van der Waals surface area contributed by atoms with Crippen molar-refractivity contribution in [1.82, 2.24) is 15.4 Å². The van der Waals surface area contributed by atoms with Gasteiger partial charge in [0.1, 0.15) is 17.1 Å². The number of hydrogen-bond donors (Lipinski definition) is 2. The van der Waals surface area contributed by atoms with E-state index in [1.165, 1.54) is 17.3 Å². The number of carbonyl (C=O) groups is 2. The zero-order valence-electron chi connectivity index (χ0n) is 19.5. The molecule has 10 heteroatoms. The molecule has 1 atom stereocenters. The summed E-state index contributed by atoms with van der Waals surface area (Å²) in [5, 5.41) is 10.1. The lowest BCUT2D eigenvalue weighted by Crippen LogP contribution is -2.56. The average Bonchev–Trinajstić information content (AvgIpc) is 2.83. The summed E-state index contributed by atoms with van der Waals surface area (Å²) in [5.74, 6) is -0.892. The third-order valence-corrected chi connectivity index (χ3v) is 8.81. The van der Waals surface area contributed by atoms with Crippen molar-refractivity contribution in [2.75, 3.05) is 18.8 Å². The summed E-state index contributed by atoms with van der Waals surface area (Å²) in [6, 6.07) is 16.2. The quantitative estimate of drug-likeness (QED) is 0.396. The Morgan fingerprint density at radius 3 is 2.57 bits per heavy atom. The van der Waals surface area contributed by atoms with Crippen LogP contribution in [0.4, 0.5) is 0 Å². The molecule has 2 N–H and O–H groups in total. The first kappa shape index (κ1) is 24.6. The van der Waals surface area contributed by atoms with E-state index in [9.17, 15) is 18.0 Å². The largest absolute Gasteiger partial charge is 0.489 e. The van der Waals surface area contributed by atoms with Crippen molar-refractivity contribution in [3.63, 3.8) is 0 Å². The number of sulfone groups is 1. The summed E-state index contributed by atoms with van der Waals surface area (Å²) in [6.45, 7) is 3.44. The van der Waals surface area contributed by atoms with Gasteiger partial charge in [0.2, 0.25) is 11.8 Å². The standard InChI is InChI=1S/C25H27N3O6S/c1-17-13-19(22-5-3-4-6-23(22)26-17)15-34-21-9-7-20(8-10-21)25(14-24(30)27-31)16-28(18(2)29)11-12-35(25,32)33/h3-10,13,31H,11-12,14-16H2,1-2H3,(H,27,30). The topological polar surface area (TPSA) is 126 Å². The number of hydroxylamine groups is 1. The molecule has 1 aromatic heterocycles. The maximum atomic E-state index is 13.2. The minimum Gasteiger partial charge on any atom is -0.489 e. The zero-order valence-corrected chi connectivity index (χ0v) is 20.3. The number of ether oxygens (including phenoxy) is 1. The van der Waals surface area contributed by atoms with Gasteiger partial charge in [-0.2, -0.15) is 0 Å². The number of nitrogens with zero attached hydrogens (tertiary/aromatic N) is 2. The van der Waals surface area contributed by atoms with Crippen LogP contribution < -0.4 is 10.2 Å². The molecular weight excluding hydrogens is 470 g/mol. The Hall–Kier alpha value is -3.50. The fourth-order valence-corrected chi connectivity index (χ4v) is 6.60. The average molecular weight is 498 g/mol. The van der Waals surface area contributed by atoms with Crippen LogP contribution in [0, 0.1) is 6.92 Å². The molecule has 1 unspecified atom stereocenters. The Bertz CT molecular complexity index is 1370. The summed E-state index contributed by atoms with van der Waals surface area (Å²) in [6.07, 6.45) is -0.516. The summed E-state index contributed by atoms with van der Waals surface area (Å²) in [7, 11) is -3.82. The van der Waals surface area contributed by atoms with Crippen molar-refractivity contribution in [2.45, 2.75) is 31.6 Å². The highest BCUT2D eigenvalue weighted by molar-refractivity contribution is 7.92. The van der Waals surface area contributed by atoms with Crippen molar-refractivity contribution < 1.29 is 28.0 Å². The molecule has 3 aromatic rings. The Balaban J connectivity index is 1.63. The van der Waals surface area contributed by atoms with Crippen LogP contribution in [0.2, 0.25) is 0 Å². The van der Waals surface area contributed by atoms with Gasteiger partial charge in [0.05, 0.1) is 17.7 Å². The van der Waals surface area contributed by atoms with Crippen molar-refractivity contribution in [3.8, 4) is 5.75 Å². The van der Waals surface area contributed by atoms with Gasteiger partial charge in [0.25, 0.3) is 0 Å². The Labute approximate surface area is 203 Å². The van der Waals surface area contributed by atoms with Crippen LogP contribution in [0.25, 0.3) is 10.9 Å². The molecule has 1 fully saturated rings. The number of benzene rings is 2. The molecular formula is C25H27N3O6S. The van der Waals surface area contributed by atoms with E-state index in [1.807, 2.05) is 37.3 Å². The molecule has 1 aliphatic rings. The van der Waals surface area contributed by atoms with Crippen LogP contribution in [0.15, 0.2) is 54.6 Å². The lowest BCUT2D eigenvalue weighted by atomic mass is 9.93. The monoisotopic (exact) mass is 497 g/mol. The molecule has 0 bridgehead atoms. The molecule has 2 heterocycles. The predicted octanol–water partition coefficient (Wildman–Crippen LogP) is 2.49. The number of rotatable bonds is 6. The number of para-hydroxylation sites is 1. The van der Waals surface area contributed by atoms with Gasteiger partial charge in [0.15, 0.2) is 9.84 Å². The number of nitrogens with one attached hydrogen (secondary N) is 1. The first-order valence-electron chi connectivity index (χ1n) is 11.1. The first-order valence-corrected chi connectivity index (χ1v) is 12.8. The van der Waals surface area contributed by atoms with Gasteiger partial charge >= 0.3 is 0 Å². The van der Waals surface area contributed by atoms with E-state index in [-0.39, 0.29) is 31.4 Å². The van der Waals surface area contributed by atoms with Crippen LogP contribution in [-0.2, 0) is 30.8 Å². The molecule has 9 nitrogen and oxygen atoms in total. The van der Waals surface area contributed by atoms with Crippen molar-refractivity contribution in [2.24, 2.45) is 0 Å². The molecule has 1 aliphatic heterocycles. The number of pyridine rings is 1. The highest BCUT2D eigenvalue weighted by Gasteiger charge is 2.51. The van der Waals surface area contributed by atoms with Gasteiger partial charge in [-0.15, -0.1) is 0 Å². The number of aromatic nitrogens is 1. The highest BCUT2D eigenvalue weighted by Crippen LogP contribution is 2.39. The molecule has 184 valence electrons. The van der Waals surface area contributed by atoms with E-state index in [4.69, 9.17) is 9.94 Å². The normalized spacial score (nSPS) is 19.3. The molecule has 2 aromatic carbocycles. The summed E-state index contributed by atoms with van der Waals surface area (Å²) >= 11 is 0. The van der Waals surface area contributed by atoms with Crippen LogP contribution >= 0.6 is 0 Å². The maximum absolute atomic E-state index is 13.2. The van der Waals surface area contributed by atoms with Gasteiger partial charge in [-0.05, 0) is 36.8 Å². The van der Waals surface area contributed by atoms with Crippen molar-refractivity contribution in [1.29, 1.82) is 0 Å². The smallest absolute Gasteiger partial charge is 0.245 e. The maximum Gasteiger partial charge on any atom is 0.245 e. The fraction of sp³-hybridized carbons (Fsp3) is 0.320. The van der Waals surface area contributed by atoms with Crippen LogP contribution in [0.1, 0.15) is 30.2 Å². The Morgan fingerprint density at radius 2 is 1.89 bits per heavy atom. The van der Waals surface area contributed by atoms with Gasteiger partial charge in [0, 0.05) is 36.7 Å². The highest BCUT2D eigenvalue weighted by atomic mass is 32.2. The minimum atomic E-state index is -3.82. The van der Waals surface area contributed by atoms with E-state index in [0.29, 0.717) is 11.3 Å². The van der Waals surface area contributed by atoms with Crippen molar-refractivity contribution in [3.05, 3.63) is 71.4 Å². The SMILES string of the molecule is CC(=O)N1CCS(=O)(=O)C(CC(=O)NO)(c2ccc(OCc3cc(C)nc4ccccc34)cc2)C1. The zero-order chi connectivity index (χ0) is 25.2.